The molecule has 0 saturated heterocycles. The second-order valence-electron chi connectivity index (χ2n) is 4.58. The Kier molecular flexibility index (Phi) is 4.80. The number of nitrogens with zero attached hydrogens (tertiary/aromatic N) is 2. The van der Waals surface area contributed by atoms with Gasteiger partial charge in [-0.2, -0.15) is 0 Å². The third kappa shape index (κ3) is 3.33. The quantitative estimate of drug-likeness (QED) is 0.615. The summed E-state index contributed by atoms with van der Waals surface area (Å²) in [7, 11) is 0. The van der Waals surface area contributed by atoms with Crippen LogP contribution in [0.4, 0.5) is 11.5 Å². The number of benzene rings is 1. The zero-order valence-electron chi connectivity index (χ0n) is 11.4. The Morgan fingerprint density at radius 2 is 2.10 bits per heavy atom. The van der Waals surface area contributed by atoms with Gasteiger partial charge in [-0.05, 0) is 41.4 Å². The molecule has 0 aliphatic rings. The minimum atomic E-state index is -0.450. The Morgan fingerprint density at radius 1 is 1.43 bits per heavy atom. The lowest BCUT2D eigenvalue weighted by atomic mass is 10.1. The standard InChI is InChI=1S/C14H13BrClN3O2/c1-8-12(19(20)21)7-17-14(13(8)15)18-9(2)10-5-3-4-6-11(10)16/h3-7,9H,1-2H3,(H,17,18). The number of hydrogen-bond acceptors (Lipinski definition) is 4. The highest BCUT2D eigenvalue weighted by Gasteiger charge is 2.19. The molecule has 2 aromatic rings. The minimum Gasteiger partial charge on any atom is -0.363 e. The lowest BCUT2D eigenvalue weighted by Gasteiger charge is -2.17. The lowest BCUT2D eigenvalue weighted by Crippen LogP contribution is -2.10. The van der Waals surface area contributed by atoms with Crippen molar-refractivity contribution >= 4 is 39.0 Å². The van der Waals surface area contributed by atoms with Gasteiger partial charge in [0.1, 0.15) is 12.0 Å². The van der Waals surface area contributed by atoms with Crippen LogP contribution in [-0.2, 0) is 0 Å². The number of rotatable bonds is 4. The average Bonchev–Trinajstić information content (AvgIpc) is 2.44. The van der Waals surface area contributed by atoms with E-state index in [0.29, 0.717) is 20.9 Å². The van der Waals surface area contributed by atoms with Gasteiger partial charge in [0.05, 0.1) is 15.4 Å². The number of anilines is 1. The smallest absolute Gasteiger partial charge is 0.291 e. The summed E-state index contributed by atoms with van der Waals surface area (Å²) in [4.78, 5) is 14.5. The van der Waals surface area contributed by atoms with Crippen LogP contribution in [0.3, 0.4) is 0 Å². The van der Waals surface area contributed by atoms with E-state index in [-0.39, 0.29) is 11.7 Å². The molecule has 21 heavy (non-hydrogen) atoms. The lowest BCUT2D eigenvalue weighted by molar-refractivity contribution is -0.385. The van der Waals surface area contributed by atoms with Crippen LogP contribution in [0.1, 0.15) is 24.1 Å². The highest BCUT2D eigenvalue weighted by atomic mass is 79.9. The SMILES string of the molecule is Cc1c([N+](=O)[O-])cnc(NC(C)c2ccccc2Cl)c1Br. The summed E-state index contributed by atoms with van der Waals surface area (Å²) in [6.07, 6.45) is 1.25. The van der Waals surface area contributed by atoms with E-state index in [9.17, 15) is 10.1 Å². The van der Waals surface area contributed by atoms with Crippen molar-refractivity contribution in [1.29, 1.82) is 0 Å². The highest BCUT2D eigenvalue weighted by molar-refractivity contribution is 9.10. The van der Waals surface area contributed by atoms with Crippen molar-refractivity contribution in [2.45, 2.75) is 19.9 Å². The fourth-order valence-electron chi connectivity index (χ4n) is 1.96. The first-order valence-electron chi connectivity index (χ1n) is 6.22. The molecule has 5 nitrogen and oxygen atoms in total. The van der Waals surface area contributed by atoms with Crippen LogP contribution >= 0.6 is 27.5 Å². The van der Waals surface area contributed by atoms with E-state index in [1.165, 1.54) is 6.20 Å². The van der Waals surface area contributed by atoms with E-state index in [1.807, 2.05) is 31.2 Å². The fourth-order valence-corrected chi connectivity index (χ4v) is 2.68. The van der Waals surface area contributed by atoms with E-state index < -0.39 is 4.92 Å². The number of hydrogen-bond donors (Lipinski definition) is 1. The predicted molar refractivity (Wildman–Crippen MR) is 86.8 cm³/mol. The van der Waals surface area contributed by atoms with E-state index >= 15 is 0 Å². The number of pyridine rings is 1. The number of nitrogens with one attached hydrogen (secondary N) is 1. The first kappa shape index (κ1) is 15.7. The van der Waals surface area contributed by atoms with Gasteiger partial charge in [0, 0.05) is 10.6 Å². The molecule has 1 N–H and O–H groups in total. The molecular weight excluding hydrogens is 358 g/mol. The number of halogens is 2. The van der Waals surface area contributed by atoms with Crippen molar-refractivity contribution in [1.82, 2.24) is 4.98 Å². The normalized spacial score (nSPS) is 12.0. The van der Waals surface area contributed by atoms with Crippen LogP contribution in [0.2, 0.25) is 5.02 Å². The largest absolute Gasteiger partial charge is 0.363 e. The predicted octanol–water partition coefficient (Wildman–Crippen LogP) is 4.89. The summed E-state index contributed by atoms with van der Waals surface area (Å²) in [5.74, 6) is 0.547. The molecule has 1 aromatic heterocycles. The van der Waals surface area contributed by atoms with Gasteiger partial charge in [0.15, 0.2) is 0 Å². The minimum absolute atomic E-state index is 0.0159. The molecule has 1 aromatic carbocycles. The Hall–Kier alpha value is -1.66. The van der Waals surface area contributed by atoms with Gasteiger partial charge in [-0.15, -0.1) is 0 Å². The van der Waals surface area contributed by atoms with Gasteiger partial charge in [0.2, 0.25) is 0 Å². The van der Waals surface area contributed by atoms with Gasteiger partial charge in [-0.1, -0.05) is 29.8 Å². The van der Waals surface area contributed by atoms with Crippen molar-refractivity contribution in [3.8, 4) is 0 Å². The van der Waals surface area contributed by atoms with Crippen LogP contribution in [0, 0.1) is 17.0 Å². The maximum Gasteiger partial charge on any atom is 0.291 e. The molecule has 1 heterocycles. The van der Waals surface area contributed by atoms with Crippen LogP contribution in [0.5, 0.6) is 0 Å². The summed E-state index contributed by atoms with van der Waals surface area (Å²) in [5.41, 5.74) is 1.45. The fraction of sp³-hybridized carbons (Fsp3) is 0.214. The monoisotopic (exact) mass is 369 g/mol. The third-order valence-electron chi connectivity index (χ3n) is 3.16. The van der Waals surface area contributed by atoms with E-state index in [0.717, 1.165) is 5.56 Å². The zero-order valence-corrected chi connectivity index (χ0v) is 13.8. The van der Waals surface area contributed by atoms with Crippen molar-refractivity contribution in [2.24, 2.45) is 0 Å². The molecule has 0 aliphatic carbocycles. The van der Waals surface area contributed by atoms with Crippen molar-refractivity contribution in [3.05, 3.63) is 61.2 Å². The molecule has 1 unspecified atom stereocenters. The van der Waals surface area contributed by atoms with Crippen LogP contribution in [0.25, 0.3) is 0 Å². The molecule has 0 radical (unpaired) electrons. The van der Waals surface area contributed by atoms with Crippen LogP contribution in [0.15, 0.2) is 34.9 Å². The van der Waals surface area contributed by atoms with Gasteiger partial charge < -0.3 is 5.32 Å². The zero-order chi connectivity index (χ0) is 15.6. The van der Waals surface area contributed by atoms with Crippen LogP contribution < -0.4 is 5.32 Å². The average molecular weight is 371 g/mol. The Labute approximate surface area is 135 Å². The van der Waals surface area contributed by atoms with E-state index in [4.69, 9.17) is 11.6 Å². The first-order valence-corrected chi connectivity index (χ1v) is 7.39. The van der Waals surface area contributed by atoms with Crippen LogP contribution in [-0.4, -0.2) is 9.91 Å². The van der Waals surface area contributed by atoms with Gasteiger partial charge in [-0.3, -0.25) is 10.1 Å². The summed E-state index contributed by atoms with van der Waals surface area (Å²) >= 11 is 9.52. The van der Waals surface area contributed by atoms with E-state index in [2.05, 4.69) is 26.2 Å². The second-order valence-corrected chi connectivity index (χ2v) is 5.78. The molecule has 0 bridgehead atoms. The van der Waals surface area contributed by atoms with Gasteiger partial charge in [0.25, 0.3) is 5.69 Å². The summed E-state index contributed by atoms with van der Waals surface area (Å²) in [5, 5.41) is 14.7. The maximum atomic E-state index is 10.9. The Balaban J connectivity index is 2.30. The number of aromatic nitrogens is 1. The summed E-state index contributed by atoms with van der Waals surface area (Å²) in [6.45, 7) is 3.63. The molecular formula is C14H13BrClN3O2. The highest BCUT2D eigenvalue weighted by Crippen LogP contribution is 2.33. The van der Waals surface area contributed by atoms with Gasteiger partial charge in [-0.25, -0.2) is 4.98 Å². The maximum absolute atomic E-state index is 10.9. The molecule has 0 spiro atoms. The molecule has 0 aliphatic heterocycles. The Bertz CT molecular complexity index is 694. The molecule has 0 fully saturated rings. The Morgan fingerprint density at radius 3 is 2.71 bits per heavy atom. The second kappa shape index (κ2) is 6.41. The van der Waals surface area contributed by atoms with Gasteiger partial charge >= 0.3 is 0 Å². The summed E-state index contributed by atoms with van der Waals surface area (Å²) in [6, 6.07) is 7.43. The molecule has 7 heteroatoms. The van der Waals surface area contributed by atoms with Crippen molar-refractivity contribution in [2.75, 3.05) is 5.32 Å². The van der Waals surface area contributed by atoms with Crippen molar-refractivity contribution in [3.63, 3.8) is 0 Å². The molecule has 0 saturated carbocycles. The third-order valence-corrected chi connectivity index (χ3v) is 4.47. The molecule has 2 rings (SSSR count). The number of nitro groups is 1. The van der Waals surface area contributed by atoms with Crippen molar-refractivity contribution < 1.29 is 4.92 Å². The molecule has 0 amide bonds. The summed E-state index contributed by atoms with van der Waals surface area (Å²) < 4.78 is 0.579. The molecule has 110 valence electrons. The van der Waals surface area contributed by atoms with E-state index in [1.54, 1.807) is 6.92 Å². The first-order chi connectivity index (χ1) is 9.91. The molecule has 1 atom stereocenters. The topological polar surface area (TPSA) is 68.1 Å².